The van der Waals surface area contributed by atoms with E-state index in [0.29, 0.717) is 0 Å². The van der Waals surface area contributed by atoms with Crippen LogP contribution in [-0.2, 0) is 0 Å². The number of allylic oxidation sites excluding steroid dienone is 18. The molecule has 0 saturated carbocycles. The fourth-order valence-electron chi connectivity index (χ4n) is 3.45. The first-order valence-electron chi connectivity index (χ1n) is 7.68. The predicted molar refractivity (Wildman–Crippen MR) is 89.8 cm³/mol. The first-order chi connectivity index (χ1) is 10.4. The van der Waals surface area contributed by atoms with Crippen LogP contribution in [0.25, 0.3) is 0 Å². The molecular weight excluding hydrogens is 252 g/mol. The van der Waals surface area contributed by atoms with Crippen molar-refractivity contribution in [2.75, 3.05) is 0 Å². The van der Waals surface area contributed by atoms with Gasteiger partial charge in [-0.1, -0.05) is 72.9 Å². The molecule has 0 aromatic rings. The van der Waals surface area contributed by atoms with Crippen molar-refractivity contribution in [3.8, 4) is 0 Å². The zero-order valence-electron chi connectivity index (χ0n) is 12.0. The predicted octanol–water partition coefficient (Wildman–Crippen LogP) is 5.44. The van der Waals surface area contributed by atoms with E-state index in [-0.39, 0.29) is 0 Å². The van der Waals surface area contributed by atoms with Crippen LogP contribution >= 0.6 is 0 Å². The minimum Gasteiger partial charge on any atom is -0.0842 e. The van der Waals surface area contributed by atoms with Gasteiger partial charge in [0.1, 0.15) is 0 Å². The Labute approximate surface area is 126 Å². The van der Waals surface area contributed by atoms with E-state index < -0.39 is 0 Å². The molecule has 0 spiro atoms. The maximum atomic E-state index is 2.30. The zero-order chi connectivity index (χ0) is 14.1. The van der Waals surface area contributed by atoms with Crippen molar-refractivity contribution in [2.45, 2.75) is 19.3 Å². The molecule has 4 rings (SSSR count). The SMILES string of the molecule is C1=CCC2=C(C=C1)C1=C3C2=C/C=C\CC/C3=C/C=C\C=C1. The van der Waals surface area contributed by atoms with Gasteiger partial charge >= 0.3 is 0 Å². The molecule has 102 valence electrons. The lowest BCUT2D eigenvalue weighted by atomic mass is 9.88. The number of hydrogen-bond donors (Lipinski definition) is 0. The molecule has 4 aliphatic rings. The monoisotopic (exact) mass is 270 g/mol. The third-order valence-corrected chi connectivity index (χ3v) is 4.39. The molecule has 0 heterocycles. The molecule has 0 aliphatic heterocycles. The number of fused-ring (bicyclic) bond motifs is 2. The third-order valence-electron chi connectivity index (χ3n) is 4.39. The number of rotatable bonds is 0. The van der Waals surface area contributed by atoms with Crippen LogP contribution in [0.5, 0.6) is 0 Å². The molecule has 0 amide bonds. The second-order valence-corrected chi connectivity index (χ2v) is 5.66. The normalized spacial score (nSPS) is 28.4. The van der Waals surface area contributed by atoms with Crippen LogP contribution in [0, 0.1) is 0 Å². The smallest absolute Gasteiger partial charge is 0.00700 e. The Morgan fingerprint density at radius 3 is 2.62 bits per heavy atom. The molecule has 0 heteroatoms. The lowest BCUT2D eigenvalue weighted by molar-refractivity contribution is 0.981. The molecule has 0 N–H and O–H groups in total. The standard InChI is InChI=1S/C21H18/c1-4-10-16-11-5-2-9-15-20-18-13-7-3-6-12-17(18)19(14-8-1)21(16)20/h1-4,6-10,12,14-15H,5,11,13H2/b4-1-,8-1?,9-2-,10-4?,14-8?,16-10-,19-14?,20-15?,21-16?. The summed E-state index contributed by atoms with van der Waals surface area (Å²) in [7, 11) is 0. The van der Waals surface area contributed by atoms with E-state index in [4.69, 9.17) is 0 Å². The summed E-state index contributed by atoms with van der Waals surface area (Å²) in [5, 5.41) is 0. The zero-order valence-corrected chi connectivity index (χ0v) is 12.0. The molecular formula is C21H18. The maximum absolute atomic E-state index is 2.30. The van der Waals surface area contributed by atoms with Crippen LogP contribution < -0.4 is 0 Å². The van der Waals surface area contributed by atoms with Gasteiger partial charge in [-0.3, -0.25) is 0 Å². The second kappa shape index (κ2) is 5.21. The molecule has 0 fully saturated rings. The van der Waals surface area contributed by atoms with Crippen molar-refractivity contribution in [3.63, 3.8) is 0 Å². The summed E-state index contributed by atoms with van der Waals surface area (Å²) < 4.78 is 0. The van der Waals surface area contributed by atoms with E-state index in [2.05, 4.69) is 72.9 Å². The van der Waals surface area contributed by atoms with E-state index in [1.165, 1.54) is 33.4 Å². The highest BCUT2D eigenvalue weighted by molar-refractivity contribution is 5.76. The van der Waals surface area contributed by atoms with Crippen LogP contribution in [0.2, 0.25) is 0 Å². The van der Waals surface area contributed by atoms with Crippen molar-refractivity contribution < 1.29 is 0 Å². The van der Waals surface area contributed by atoms with Crippen LogP contribution in [0.1, 0.15) is 19.3 Å². The van der Waals surface area contributed by atoms with Crippen molar-refractivity contribution >= 4 is 0 Å². The fraction of sp³-hybridized carbons (Fsp3) is 0.143. The van der Waals surface area contributed by atoms with Crippen molar-refractivity contribution in [2.24, 2.45) is 0 Å². The Morgan fingerprint density at radius 1 is 0.714 bits per heavy atom. The maximum Gasteiger partial charge on any atom is -0.00700 e. The summed E-state index contributed by atoms with van der Waals surface area (Å²) in [6.07, 6.45) is 29.9. The lowest BCUT2D eigenvalue weighted by Gasteiger charge is -2.16. The van der Waals surface area contributed by atoms with E-state index >= 15 is 0 Å². The van der Waals surface area contributed by atoms with E-state index in [1.54, 1.807) is 0 Å². The quantitative estimate of drug-likeness (QED) is 0.550. The Balaban J connectivity index is 1.99. The Bertz CT molecular complexity index is 750. The Kier molecular flexibility index (Phi) is 3.08. The van der Waals surface area contributed by atoms with Gasteiger partial charge in [-0.15, -0.1) is 0 Å². The average Bonchev–Trinajstić information content (AvgIpc) is 2.63. The highest BCUT2D eigenvalue weighted by Crippen LogP contribution is 2.46. The van der Waals surface area contributed by atoms with E-state index in [0.717, 1.165) is 19.3 Å². The van der Waals surface area contributed by atoms with Crippen LogP contribution in [0.15, 0.2) is 106 Å². The molecule has 21 heavy (non-hydrogen) atoms. The van der Waals surface area contributed by atoms with Crippen molar-refractivity contribution in [3.05, 3.63) is 106 Å². The van der Waals surface area contributed by atoms with Gasteiger partial charge < -0.3 is 0 Å². The average molecular weight is 270 g/mol. The van der Waals surface area contributed by atoms with Crippen molar-refractivity contribution in [1.29, 1.82) is 0 Å². The molecule has 4 aliphatic carbocycles. The largest absolute Gasteiger partial charge is 0.0842 e. The van der Waals surface area contributed by atoms with E-state index in [9.17, 15) is 0 Å². The second-order valence-electron chi connectivity index (χ2n) is 5.66. The fourth-order valence-corrected chi connectivity index (χ4v) is 3.45. The van der Waals surface area contributed by atoms with Gasteiger partial charge in [-0.05, 0) is 52.7 Å². The number of hydrogen-bond acceptors (Lipinski definition) is 0. The molecule has 0 nitrogen and oxygen atoms in total. The van der Waals surface area contributed by atoms with Gasteiger partial charge in [0.25, 0.3) is 0 Å². The van der Waals surface area contributed by atoms with Crippen LogP contribution in [0.3, 0.4) is 0 Å². The van der Waals surface area contributed by atoms with Crippen LogP contribution in [0.4, 0.5) is 0 Å². The third kappa shape index (κ3) is 2.08. The minimum atomic E-state index is 1.02. The molecule has 0 saturated heterocycles. The topological polar surface area (TPSA) is 0 Å². The first-order valence-corrected chi connectivity index (χ1v) is 7.68. The summed E-state index contributed by atoms with van der Waals surface area (Å²) >= 11 is 0. The summed E-state index contributed by atoms with van der Waals surface area (Å²) in [5.41, 5.74) is 8.58. The lowest BCUT2D eigenvalue weighted by Crippen LogP contribution is -1.98. The molecule has 0 bridgehead atoms. The molecule has 0 aromatic carbocycles. The highest BCUT2D eigenvalue weighted by Gasteiger charge is 2.28. The molecule has 0 atom stereocenters. The molecule has 0 radical (unpaired) electrons. The van der Waals surface area contributed by atoms with Gasteiger partial charge in [-0.2, -0.15) is 0 Å². The van der Waals surface area contributed by atoms with Gasteiger partial charge in [0, 0.05) is 0 Å². The summed E-state index contributed by atoms with van der Waals surface area (Å²) in [6.45, 7) is 0. The summed E-state index contributed by atoms with van der Waals surface area (Å²) in [5.74, 6) is 0. The van der Waals surface area contributed by atoms with Gasteiger partial charge in [0.2, 0.25) is 0 Å². The first kappa shape index (κ1) is 12.4. The highest BCUT2D eigenvalue weighted by atomic mass is 14.3. The molecule has 0 unspecified atom stereocenters. The minimum absolute atomic E-state index is 1.02. The Hall–Kier alpha value is -2.34. The summed E-state index contributed by atoms with van der Waals surface area (Å²) in [4.78, 5) is 0. The van der Waals surface area contributed by atoms with Gasteiger partial charge in [-0.25, -0.2) is 0 Å². The van der Waals surface area contributed by atoms with Gasteiger partial charge in [0.05, 0.1) is 0 Å². The Morgan fingerprint density at radius 2 is 1.62 bits per heavy atom. The van der Waals surface area contributed by atoms with Gasteiger partial charge in [0.15, 0.2) is 0 Å². The van der Waals surface area contributed by atoms with E-state index in [1.807, 2.05) is 0 Å². The van der Waals surface area contributed by atoms with Crippen molar-refractivity contribution in [1.82, 2.24) is 0 Å². The molecule has 0 aromatic heterocycles. The summed E-state index contributed by atoms with van der Waals surface area (Å²) in [6, 6.07) is 0. The van der Waals surface area contributed by atoms with Crippen LogP contribution in [-0.4, -0.2) is 0 Å².